The lowest BCUT2D eigenvalue weighted by Crippen LogP contribution is -2.19. The molecule has 1 N–H and O–H groups in total. The summed E-state index contributed by atoms with van der Waals surface area (Å²) in [6.45, 7) is 3.18. The Morgan fingerprint density at radius 2 is 1.88 bits per heavy atom. The van der Waals surface area contributed by atoms with Gasteiger partial charge in [0.05, 0.1) is 12.1 Å². The molecule has 1 aromatic heterocycles. The third-order valence-electron chi connectivity index (χ3n) is 3.68. The van der Waals surface area contributed by atoms with Gasteiger partial charge < -0.3 is 10.2 Å². The van der Waals surface area contributed by atoms with E-state index in [4.69, 9.17) is 0 Å². The molecular weight excluding hydrogens is 345 g/mol. The van der Waals surface area contributed by atoms with Crippen molar-refractivity contribution in [3.63, 3.8) is 0 Å². The summed E-state index contributed by atoms with van der Waals surface area (Å²) in [4.78, 5) is 14.1. The Morgan fingerprint density at radius 3 is 2.46 bits per heavy atom. The van der Waals surface area contributed by atoms with Crippen LogP contribution in [-0.4, -0.2) is 41.2 Å². The van der Waals surface area contributed by atoms with Crippen molar-refractivity contribution in [1.29, 1.82) is 0 Å². The number of likely N-dealkylation sites (N-methyl/N-ethyl adjacent to an activating group) is 1. The fourth-order valence-electron chi connectivity index (χ4n) is 2.22. The van der Waals surface area contributed by atoms with Gasteiger partial charge in [-0.3, -0.25) is 9.48 Å². The van der Waals surface area contributed by atoms with Crippen LogP contribution in [0.5, 0.6) is 0 Å². The number of aromatic nitrogens is 2. The Hall–Kier alpha value is -2.61. The lowest BCUT2D eigenvalue weighted by Gasteiger charge is -2.08. The Morgan fingerprint density at radius 1 is 1.23 bits per heavy atom. The van der Waals surface area contributed by atoms with Crippen molar-refractivity contribution < 1.29 is 18.0 Å². The highest BCUT2D eigenvalue weighted by atomic mass is 19.4. The Kier molecular flexibility index (Phi) is 6.20. The zero-order valence-corrected chi connectivity index (χ0v) is 14.8. The molecular formula is C18H21F3N4O. The number of halogens is 3. The van der Waals surface area contributed by atoms with E-state index >= 15 is 0 Å². The van der Waals surface area contributed by atoms with Crippen LogP contribution in [0.15, 0.2) is 42.6 Å². The van der Waals surface area contributed by atoms with Crippen molar-refractivity contribution in [1.82, 2.24) is 14.7 Å². The van der Waals surface area contributed by atoms with Crippen molar-refractivity contribution >= 4 is 17.3 Å². The summed E-state index contributed by atoms with van der Waals surface area (Å²) in [6.07, 6.45) is -1.27. The van der Waals surface area contributed by atoms with Gasteiger partial charge in [-0.05, 0) is 44.3 Å². The first-order valence-corrected chi connectivity index (χ1v) is 8.00. The highest BCUT2D eigenvalue weighted by Gasteiger charge is 2.29. The van der Waals surface area contributed by atoms with Crippen LogP contribution < -0.4 is 5.32 Å². The fourth-order valence-corrected chi connectivity index (χ4v) is 2.22. The summed E-state index contributed by atoms with van der Waals surface area (Å²) < 4.78 is 39.5. The lowest BCUT2D eigenvalue weighted by molar-refractivity contribution is -0.137. The van der Waals surface area contributed by atoms with Crippen molar-refractivity contribution in [3.05, 3.63) is 53.7 Å². The van der Waals surface area contributed by atoms with E-state index in [1.807, 2.05) is 19.0 Å². The molecule has 0 radical (unpaired) electrons. The molecule has 0 fully saturated rings. The highest BCUT2D eigenvalue weighted by molar-refractivity contribution is 6.03. The summed E-state index contributed by atoms with van der Waals surface area (Å²) in [7, 11) is 3.92. The molecule has 0 spiro atoms. The van der Waals surface area contributed by atoms with Gasteiger partial charge in [0.2, 0.25) is 5.91 Å². The highest BCUT2D eigenvalue weighted by Crippen LogP contribution is 2.30. The van der Waals surface area contributed by atoms with Crippen LogP contribution >= 0.6 is 0 Å². The van der Waals surface area contributed by atoms with Crippen molar-refractivity contribution in [2.24, 2.45) is 0 Å². The first-order valence-electron chi connectivity index (χ1n) is 8.00. The van der Waals surface area contributed by atoms with Gasteiger partial charge >= 0.3 is 6.18 Å². The number of nitrogens with zero attached hydrogens (tertiary/aromatic N) is 3. The van der Waals surface area contributed by atoms with Gasteiger partial charge in [-0.1, -0.05) is 12.1 Å². The largest absolute Gasteiger partial charge is 0.416 e. The molecule has 140 valence electrons. The first-order chi connectivity index (χ1) is 12.1. The summed E-state index contributed by atoms with van der Waals surface area (Å²) >= 11 is 0. The predicted molar refractivity (Wildman–Crippen MR) is 94.5 cm³/mol. The molecule has 0 aliphatic rings. The monoisotopic (exact) mass is 366 g/mol. The zero-order chi connectivity index (χ0) is 19.3. The predicted octanol–water partition coefficient (Wildman–Crippen LogP) is 3.51. The van der Waals surface area contributed by atoms with E-state index < -0.39 is 11.7 Å². The topological polar surface area (TPSA) is 50.2 Å². The molecule has 2 rings (SSSR count). The van der Waals surface area contributed by atoms with E-state index in [1.54, 1.807) is 23.9 Å². The number of allylic oxidation sites excluding steroid dienone is 1. The van der Waals surface area contributed by atoms with E-state index in [2.05, 4.69) is 10.4 Å². The fraction of sp³-hybridized carbons (Fsp3) is 0.333. The Labute approximate surface area is 150 Å². The van der Waals surface area contributed by atoms with E-state index in [0.29, 0.717) is 23.5 Å². The minimum absolute atomic E-state index is 0.389. The smallest absolute Gasteiger partial charge is 0.308 e. The SMILES string of the molecule is CC(=CC(=O)Nc1ccn(CCN(C)C)n1)c1ccc(C(F)(F)F)cc1. The molecule has 0 saturated carbocycles. The quantitative estimate of drug-likeness (QED) is 0.796. The van der Waals surface area contributed by atoms with Crippen molar-refractivity contribution in [2.75, 3.05) is 26.0 Å². The van der Waals surface area contributed by atoms with Crippen LogP contribution in [-0.2, 0) is 17.5 Å². The average Bonchev–Trinajstić information content (AvgIpc) is 2.99. The van der Waals surface area contributed by atoms with E-state index in [9.17, 15) is 18.0 Å². The molecule has 0 unspecified atom stereocenters. The molecule has 0 aliphatic carbocycles. The van der Waals surface area contributed by atoms with Crippen LogP contribution in [0.2, 0.25) is 0 Å². The van der Waals surface area contributed by atoms with Crippen molar-refractivity contribution in [3.8, 4) is 0 Å². The van der Waals surface area contributed by atoms with Crippen LogP contribution in [0, 0.1) is 0 Å². The third-order valence-corrected chi connectivity index (χ3v) is 3.68. The minimum Gasteiger partial charge on any atom is -0.308 e. The summed E-state index contributed by atoms with van der Waals surface area (Å²) in [5, 5.41) is 6.89. The molecule has 0 saturated heterocycles. The van der Waals surface area contributed by atoms with E-state index in [1.165, 1.54) is 18.2 Å². The van der Waals surface area contributed by atoms with Gasteiger partial charge in [0.1, 0.15) is 0 Å². The van der Waals surface area contributed by atoms with Crippen LogP contribution in [0.1, 0.15) is 18.1 Å². The number of hydrogen-bond donors (Lipinski definition) is 1. The molecule has 26 heavy (non-hydrogen) atoms. The number of carbonyl (C=O) groups is 1. The molecule has 1 heterocycles. The Balaban J connectivity index is 1.99. The average molecular weight is 366 g/mol. The van der Waals surface area contributed by atoms with Crippen molar-refractivity contribution in [2.45, 2.75) is 19.6 Å². The molecule has 1 amide bonds. The van der Waals surface area contributed by atoms with Gasteiger partial charge in [0, 0.05) is 24.9 Å². The number of anilines is 1. The number of amides is 1. The summed E-state index contributed by atoms with van der Waals surface area (Å²) in [5.74, 6) is 0.0329. The number of hydrogen-bond acceptors (Lipinski definition) is 3. The maximum Gasteiger partial charge on any atom is 0.416 e. The van der Waals surface area contributed by atoms with E-state index in [-0.39, 0.29) is 5.91 Å². The summed E-state index contributed by atoms with van der Waals surface area (Å²) in [6, 6.07) is 6.37. The van der Waals surface area contributed by atoms with E-state index in [0.717, 1.165) is 18.7 Å². The van der Waals surface area contributed by atoms with Crippen LogP contribution in [0.3, 0.4) is 0 Å². The van der Waals surface area contributed by atoms with Gasteiger partial charge in [-0.15, -0.1) is 0 Å². The molecule has 0 bridgehead atoms. The lowest BCUT2D eigenvalue weighted by atomic mass is 10.0. The van der Waals surface area contributed by atoms with Gasteiger partial charge in [-0.25, -0.2) is 0 Å². The molecule has 8 heteroatoms. The second-order valence-corrected chi connectivity index (χ2v) is 6.16. The van der Waals surface area contributed by atoms with Gasteiger partial charge in [0.15, 0.2) is 5.82 Å². The number of carbonyl (C=O) groups excluding carboxylic acids is 1. The normalized spacial score (nSPS) is 12.5. The molecule has 5 nitrogen and oxygen atoms in total. The third kappa shape index (κ3) is 5.73. The second kappa shape index (κ2) is 8.18. The second-order valence-electron chi connectivity index (χ2n) is 6.16. The maximum absolute atomic E-state index is 12.6. The standard InChI is InChI=1S/C18H21F3N4O/c1-13(14-4-6-15(7-5-14)18(19,20)21)12-17(26)22-16-8-9-25(23-16)11-10-24(2)3/h4-9,12H,10-11H2,1-3H3,(H,22,23,26). The number of nitrogens with one attached hydrogen (secondary N) is 1. The van der Waals surface area contributed by atoms with Gasteiger partial charge in [-0.2, -0.15) is 18.3 Å². The molecule has 0 aliphatic heterocycles. The zero-order valence-electron chi connectivity index (χ0n) is 14.8. The van der Waals surface area contributed by atoms with Gasteiger partial charge in [0.25, 0.3) is 0 Å². The van der Waals surface area contributed by atoms with Crippen LogP contribution in [0.25, 0.3) is 5.57 Å². The number of alkyl halides is 3. The minimum atomic E-state index is -4.38. The first kappa shape index (κ1) is 19.7. The molecule has 1 aromatic carbocycles. The maximum atomic E-state index is 12.6. The number of rotatable bonds is 6. The Bertz CT molecular complexity index is 776. The molecule has 2 aromatic rings. The summed E-state index contributed by atoms with van der Waals surface area (Å²) in [5.41, 5.74) is 0.384. The van der Waals surface area contributed by atoms with Crippen LogP contribution in [0.4, 0.5) is 19.0 Å². The molecule has 0 atom stereocenters. The number of benzene rings is 1.